The zero-order valence-corrected chi connectivity index (χ0v) is 17.5. The van der Waals surface area contributed by atoms with E-state index in [2.05, 4.69) is 30.6 Å². The van der Waals surface area contributed by atoms with Crippen molar-refractivity contribution < 1.29 is 8.83 Å². The molecule has 0 aliphatic carbocycles. The molecule has 0 aromatic carbocycles. The molecule has 150 valence electrons. The Hall–Kier alpha value is -3.38. The van der Waals surface area contributed by atoms with Gasteiger partial charge in [0.05, 0.1) is 12.5 Å². The van der Waals surface area contributed by atoms with Crippen molar-refractivity contribution in [2.45, 2.75) is 20.4 Å². The quantitative estimate of drug-likeness (QED) is 0.390. The zero-order valence-electron chi connectivity index (χ0n) is 15.8. The molecule has 10 nitrogen and oxygen atoms in total. The molecule has 0 bridgehead atoms. The van der Waals surface area contributed by atoms with Gasteiger partial charge in [0.1, 0.15) is 10.1 Å². The molecule has 0 aliphatic rings. The van der Waals surface area contributed by atoms with E-state index in [1.807, 2.05) is 59.6 Å². The summed E-state index contributed by atoms with van der Waals surface area (Å²) >= 11 is 2.74. The van der Waals surface area contributed by atoms with Crippen LogP contribution < -0.4 is 0 Å². The van der Waals surface area contributed by atoms with Gasteiger partial charge >= 0.3 is 0 Å². The third kappa shape index (κ3) is 3.50. The first-order valence-corrected chi connectivity index (χ1v) is 10.4. The summed E-state index contributed by atoms with van der Waals surface area (Å²) in [4.78, 5) is 0. The van der Waals surface area contributed by atoms with Gasteiger partial charge in [-0.05, 0) is 59.9 Å². The minimum atomic E-state index is 0.650. The average molecular weight is 438 g/mol. The highest BCUT2D eigenvalue weighted by Crippen LogP contribution is 2.30. The summed E-state index contributed by atoms with van der Waals surface area (Å²) in [5, 5.41) is 28.1. The number of rotatable bonds is 6. The van der Waals surface area contributed by atoms with Crippen molar-refractivity contribution >= 4 is 23.5 Å². The highest BCUT2D eigenvalue weighted by molar-refractivity contribution is 7.99. The third-order valence-electron chi connectivity index (χ3n) is 4.16. The van der Waals surface area contributed by atoms with Gasteiger partial charge in [-0.15, -0.1) is 30.6 Å². The van der Waals surface area contributed by atoms with Crippen LogP contribution in [0.25, 0.3) is 23.2 Å². The smallest absolute Gasteiger partial charge is 0.200 e. The summed E-state index contributed by atoms with van der Waals surface area (Å²) in [7, 11) is 3.75. The second-order valence-electron chi connectivity index (χ2n) is 6.10. The molecule has 12 heteroatoms. The van der Waals surface area contributed by atoms with Crippen LogP contribution in [-0.4, -0.2) is 39.7 Å². The maximum absolute atomic E-state index is 5.39. The van der Waals surface area contributed by atoms with Crippen LogP contribution in [0.4, 0.5) is 0 Å². The normalized spacial score (nSPS) is 11.3. The third-order valence-corrected chi connectivity index (χ3v) is 6.09. The summed E-state index contributed by atoms with van der Waals surface area (Å²) in [6.07, 6.45) is 3.21. The van der Waals surface area contributed by atoms with Crippen molar-refractivity contribution in [2.75, 3.05) is 0 Å². The SMILES string of the molecule is Cn1c(Sc2ccc(Sc3nnc(-c4ccco4)n3C)nn2)nnc1-c1ccco1. The van der Waals surface area contributed by atoms with Crippen molar-refractivity contribution in [2.24, 2.45) is 14.1 Å². The molecule has 0 amide bonds. The van der Waals surface area contributed by atoms with E-state index in [1.165, 1.54) is 23.5 Å². The molecule has 5 rings (SSSR count). The minimum absolute atomic E-state index is 0.650. The molecule has 5 aromatic rings. The van der Waals surface area contributed by atoms with Crippen molar-refractivity contribution in [1.82, 2.24) is 39.7 Å². The number of furan rings is 2. The van der Waals surface area contributed by atoms with Gasteiger partial charge in [0, 0.05) is 14.1 Å². The van der Waals surface area contributed by atoms with Crippen molar-refractivity contribution in [3.05, 3.63) is 48.9 Å². The van der Waals surface area contributed by atoms with Crippen LogP contribution >= 0.6 is 23.5 Å². The summed E-state index contributed by atoms with van der Waals surface area (Å²) < 4.78 is 14.5. The Morgan fingerprint density at radius 3 is 1.47 bits per heavy atom. The van der Waals surface area contributed by atoms with Crippen LogP contribution in [-0.2, 0) is 14.1 Å². The molecular weight excluding hydrogens is 424 g/mol. The van der Waals surface area contributed by atoms with Gasteiger partial charge in [0.2, 0.25) is 0 Å². The number of nitrogens with zero attached hydrogens (tertiary/aromatic N) is 8. The van der Waals surface area contributed by atoms with E-state index < -0.39 is 0 Å². The van der Waals surface area contributed by atoms with Gasteiger partial charge in [0.15, 0.2) is 33.5 Å². The lowest BCUT2D eigenvalue weighted by Gasteiger charge is -2.03. The van der Waals surface area contributed by atoms with Crippen LogP contribution in [0.3, 0.4) is 0 Å². The fraction of sp³-hybridized carbons (Fsp3) is 0.111. The van der Waals surface area contributed by atoms with E-state index >= 15 is 0 Å². The van der Waals surface area contributed by atoms with E-state index in [4.69, 9.17) is 8.83 Å². The first-order chi connectivity index (χ1) is 14.7. The molecular formula is C18H14N8O2S2. The largest absolute Gasteiger partial charge is 0.461 e. The Morgan fingerprint density at radius 2 is 1.10 bits per heavy atom. The summed E-state index contributed by atoms with van der Waals surface area (Å²) in [6.45, 7) is 0. The van der Waals surface area contributed by atoms with Gasteiger partial charge in [-0.3, -0.25) is 0 Å². The molecule has 5 heterocycles. The number of hydrogen-bond donors (Lipinski definition) is 0. The summed E-state index contributed by atoms with van der Waals surface area (Å²) in [5.41, 5.74) is 0. The van der Waals surface area contributed by atoms with Crippen LogP contribution in [0.5, 0.6) is 0 Å². The molecule has 0 aliphatic heterocycles. The van der Waals surface area contributed by atoms with E-state index in [1.54, 1.807) is 12.5 Å². The van der Waals surface area contributed by atoms with Gasteiger partial charge in [-0.25, -0.2) is 0 Å². The monoisotopic (exact) mass is 438 g/mol. The minimum Gasteiger partial charge on any atom is -0.461 e. The van der Waals surface area contributed by atoms with Gasteiger partial charge in [0.25, 0.3) is 0 Å². The van der Waals surface area contributed by atoms with Gasteiger partial charge < -0.3 is 18.0 Å². The second kappa shape index (κ2) is 7.80. The Morgan fingerprint density at radius 1 is 0.633 bits per heavy atom. The molecule has 0 spiro atoms. The van der Waals surface area contributed by atoms with Crippen LogP contribution in [0.15, 0.2) is 78.1 Å². The number of hydrogen-bond acceptors (Lipinski definition) is 10. The van der Waals surface area contributed by atoms with E-state index in [0.717, 1.165) is 0 Å². The molecule has 0 unspecified atom stereocenters. The first-order valence-electron chi connectivity index (χ1n) is 8.75. The topological polar surface area (TPSA) is 113 Å². The Kier molecular flexibility index (Phi) is 4.85. The Balaban J connectivity index is 1.30. The van der Waals surface area contributed by atoms with Crippen LogP contribution in [0, 0.1) is 0 Å². The van der Waals surface area contributed by atoms with E-state index in [0.29, 0.717) is 43.5 Å². The first kappa shape index (κ1) is 18.6. The predicted molar refractivity (Wildman–Crippen MR) is 108 cm³/mol. The van der Waals surface area contributed by atoms with Gasteiger partial charge in [-0.2, -0.15) is 0 Å². The van der Waals surface area contributed by atoms with Crippen LogP contribution in [0.1, 0.15) is 0 Å². The molecule has 0 fully saturated rings. The second-order valence-corrected chi connectivity index (χ2v) is 8.07. The molecule has 0 saturated heterocycles. The fourth-order valence-corrected chi connectivity index (χ4v) is 4.07. The van der Waals surface area contributed by atoms with Crippen molar-refractivity contribution in [1.29, 1.82) is 0 Å². The average Bonchev–Trinajstić information content (AvgIpc) is 3.54. The lowest BCUT2D eigenvalue weighted by atomic mass is 10.4. The summed E-state index contributed by atoms with van der Waals surface area (Å²) in [6, 6.07) is 11.1. The molecule has 0 atom stereocenters. The van der Waals surface area contributed by atoms with E-state index in [9.17, 15) is 0 Å². The number of aromatic nitrogens is 8. The lowest BCUT2D eigenvalue weighted by Crippen LogP contribution is -1.96. The van der Waals surface area contributed by atoms with Crippen molar-refractivity contribution in [3.8, 4) is 23.2 Å². The van der Waals surface area contributed by atoms with Crippen LogP contribution in [0.2, 0.25) is 0 Å². The molecule has 30 heavy (non-hydrogen) atoms. The molecule has 0 saturated carbocycles. The lowest BCUT2D eigenvalue weighted by molar-refractivity contribution is 0.572. The maximum Gasteiger partial charge on any atom is 0.200 e. The van der Waals surface area contributed by atoms with Crippen molar-refractivity contribution in [3.63, 3.8) is 0 Å². The zero-order chi connectivity index (χ0) is 20.5. The fourth-order valence-electron chi connectivity index (χ4n) is 2.65. The Labute approximate surface area is 178 Å². The predicted octanol–water partition coefficient (Wildman–Crippen LogP) is 3.56. The van der Waals surface area contributed by atoms with Gasteiger partial charge in [-0.1, -0.05) is 0 Å². The van der Waals surface area contributed by atoms with E-state index in [-0.39, 0.29) is 0 Å². The highest BCUT2D eigenvalue weighted by atomic mass is 32.2. The Bertz CT molecular complexity index is 1160. The summed E-state index contributed by atoms with van der Waals surface area (Å²) in [5.74, 6) is 2.62. The molecule has 0 N–H and O–H groups in total. The molecule has 5 aromatic heterocycles. The standard InChI is InChI=1S/C18H14N8O2S2/c1-25-15(11-5-3-9-27-11)21-23-17(25)29-13-7-8-14(20-19-13)30-18-24-22-16(26(18)2)12-6-4-10-28-12/h3-10H,1-2H3. The highest BCUT2D eigenvalue weighted by Gasteiger charge is 2.16. The maximum atomic E-state index is 5.39. The molecule has 0 radical (unpaired) electrons.